The fraction of sp³-hybridized carbons (Fsp3) is 0.318. The number of carbonyl (C=O) groups excluding carboxylic acids is 1. The standard InChI is InChI=1S/C22H26N4OS/c1-5-25-21(19-14-10-9-11-17(19)4)23-24-22(25)28-15-20(27)26(16(2)3)18-12-7-6-8-13-18/h6-14,16H,5,15H2,1-4H3. The van der Waals surface area contributed by atoms with E-state index in [1.54, 1.807) is 0 Å². The topological polar surface area (TPSA) is 51.0 Å². The molecule has 0 aliphatic heterocycles. The van der Waals surface area contributed by atoms with Gasteiger partial charge < -0.3 is 9.47 Å². The Morgan fingerprint density at radius 3 is 2.39 bits per heavy atom. The lowest BCUT2D eigenvalue weighted by Crippen LogP contribution is -2.38. The number of carbonyl (C=O) groups is 1. The molecule has 0 unspecified atom stereocenters. The minimum atomic E-state index is 0.0642. The molecule has 1 heterocycles. The molecule has 0 aliphatic rings. The summed E-state index contributed by atoms with van der Waals surface area (Å²) in [6.07, 6.45) is 0. The third-order valence-electron chi connectivity index (χ3n) is 4.56. The molecule has 28 heavy (non-hydrogen) atoms. The summed E-state index contributed by atoms with van der Waals surface area (Å²) in [6.45, 7) is 8.95. The van der Waals surface area contributed by atoms with E-state index in [9.17, 15) is 4.79 Å². The molecule has 6 heteroatoms. The molecule has 1 amide bonds. The van der Waals surface area contributed by atoms with Crippen LogP contribution >= 0.6 is 11.8 Å². The quantitative estimate of drug-likeness (QED) is 0.540. The maximum Gasteiger partial charge on any atom is 0.237 e. The zero-order chi connectivity index (χ0) is 20.1. The Morgan fingerprint density at radius 1 is 1.07 bits per heavy atom. The van der Waals surface area contributed by atoms with Crippen molar-refractivity contribution in [3.63, 3.8) is 0 Å². The molecular formula is C22H26N4OS. The van der Waals surface area contributed by atoms with Crippen LogP contribution in [0.15, 0.2) is 59.8 Å². The van der Waals surface area contributed by atoms with Crippen LogP contribution in [0.25, 0.3) is 11.4 Å². The predicted octanol–water partition coefficient (Wildman–Crippen LogP) is 4.81. The number of aryl methyl sites for hydroxylation is 1. The molecule has 0 bridgehead atoms. The molecule has 3 aromatic rings. The number of para-hydroxylation sites is 1. The minimum absolute atomic E-state index is 0.0642. The van der Waals surface area contributed by atoms with Crippen molar-refractivity contribution in [2.75, 3.05) is 10.7 Å². The first-order valence-corrected chi connectivity index (χ1v) is 10.5. The van der Waals surface area contributed by atoms with Gasteiger partial charge in [-0.05, 0) is 45.4 Å². The highest BCUT2D eigenvalue weighted by Gasteiger charge is 2.21. The van der Waals surface area contributed by atoms with Gasteiger partial charge in [0.05, 0.1) is 5.75 Å². The number of nitrogens with zero attached hydrogens (tertiary/aromatic N) is 4. The summed E-state index contributed by atoms with van der Waals surface area (Å²) >= 11 is 1.44. The molecule has 146 valence electrons. The van der Waals surface area contributed by atoms with E-state index >= 15 is 0 Å². The average molecular weight is 395 g/mol. The molecule has 5 nitrogen and oxygen atoms in total. The number of benzene rings is 2. The largest absolute Gasteiger partial charge is 0.309 e. The fourth-order valence-electron chi connectivity index (χ4n) is 3.22. The van der Waals surface area contributed by atoms with Gasteiger partial charge in [-0.2, -0.15) is 0 Å². The van der Waals surface area contributed by atoms with Gasteiger partial charge >= 0.3 is 0 Å². The van der Waals surface area contributed by atoms with E-state index in [0.717, 1.165) is 34.3 Å². The van der Waals surface area contributed by atoms with E-state index in [1.807, 2.05) is 61.2 Å². The monoisotopic (exact) mass is 394 g/mol. The second-order valence-corrected chi connectivity index (χ2v) is 7.79. The van der Waals surface area contributed by atoms with Gasteiger partial charge in [0.25, 0.3) is 0 Å². The molecule has 1 aromatic heterocycles. The van der Waals surface area contributed by atoms with Gasteiger partial charge in [0.15, 0.2) is 11.0 Å². The molecule has 2 aromatic carbocycles. The molecule has 0 fully saturated rings. The van der Waals surface area contributed by atoms with Gasteiger partial charge in [0.2, 0.25) is 5.91 Å². The first kappa shape index (κ1) is 20.1. The number of amides is 1. The lowest BCUT2D eigenvalue weighted by molar-refractivity contribution is -0.116. The first-order chi connectivity index (χ1) is 13.5. The van der Waals surface area contributed by atoms with Gasteiger partial charge in [-0.15, -0.1) is 10.2 Å². The molecular weight excluding hydrogens is 368 g/mol. The van der Waals surface area contributed by atoms with Crippen LogP contribution in [0.2, 0.25) is 0 Å². The van der Waals surface area contributed by atoms with Gasteiger partial charge in [0, 0.05) is 23.8 Å². The number of anilines is 1. The molecule has 0 aliphatic carbocycles. The van der Waals surface area contributed by atoms with Gasteiger partial charge in [-0.25, -0.2) is 0 Å². The second kappa shape index (κ2) is 9.06. The summed E-state index contributed by atoms with van der Waals surface area (Å²) in [5.41, 5.74) is 3.15. The van der Waals surface area contributed by atoms with Crippen molar-refractivity contribution in [1.29, 1.82) is 0 Å². The lowest BCUT2D eigenvalue weighted by Gasteiger charge is -2.26. The van der Waals surface area contributed by atoms with Gasteiger partial charge in [0.1, 0.15) is 0 Å². The zero-order valence-electron chi connectivity index (χ0n) is 16.8. The van der Waals surface area contributed by atoms with Crippen molar-refractivity contribution in [1.82, 2.24) is 14.8 Å². The van der Waals surface area contributed by atoms with Gasteiger partial charge in [-0.3, -0.25) is 4.79 Å². The summed E-state index contributed by atoms with van der Waals surface area (Å²) in [5.74, 6) is 1.23. The van der Waals surface area contributed by atoms with Crippen LogP contribution in [0.1, 0.15) is 26.3 Å². The fourth-order valence-corrected chi connectivity index (χ4v) is 4.08. The number of thioether (sulfide) groups is 1. The summed E-state index contributed by atoms with van der Waals surface area (Å²) < 4.78 is 2.07. The summed E-state index contributed by atoms with van der Waals surface area (Å²) in [7, 11) is 0. The molecule has 0 radical (unpaired) electrons. The third kappa shape index (κ3) is 4.28. The highest BCUT2D eigenvalue weighted by atomic mass is 32.2. The maximum atomic E-state index is 12.9. The Morgan fingerprint density at radius 2 is 1.75 bits per heavy atom. The lowest BCUT2D eigenvalue weighted by atomic mass is 10.1. The predicted molar refractivity (Wildman–Crippen MR) is 116 cm³/mol. The van der Waals surface area contributed by atoms with Crippen molar-refractivity contribution in [3.05, 3.63) is 60.2 Å². The molecule has 3 rings (SSSR count). The SMILES string of the molecule is CCn1c(SCC(=O)N(c2ccccc2)C(C)C)nnc1-c1ccccc1C. The molecule has 0 N–H and O–H groups in total. The van der Waals surface area contributed by atoms with E-state index in [0.29, 0.717) is 5.75 Å². The van der Waals surface area contributed by atoms with E-state index in [4.69, 9.17) is 0 Å². The van der Waals surface area contributed by atoms with E-state index in [-0.39, 0.29) is 11.9 Å². The zero-order valence-corrected chi connectivity index (χ0v) is 17.6. The molecule has 0 spiro atoms. The number of hydrogen-bond donors (Lipinski definition) is 0. The van der Waals surface area contributed by atoms with Crippen LogP contribution in [-0.4, -0.2) is 32.5 Å². The Hall–Kier alpha value is -2.60. The summed E-state index contributed by atoms with van der Waals surface area (Å²) in [6, 6.07) is 18.0. The van der Waals surface area contributed by atoms with E-state index in [2.05, 4.69) is 40.7 Å². The Kier molecular flexibility index (Phi) is 6.52. The highest BCUT2D eigenvalue weighted by Crippen LogP contribution is 2.27. The van der Waals surface area contributed by atoms with E-state index < -0.39 is 0 Å². The van der Waals surface area contributed by atoms with Gasteiger partial charge in [-0.1, -0.05) is 54.2 Å². The van der Waals surface area contributed by atoms with Crippen molar-refractivity contribution < 1.29 is 4.79 Å². The number of aromatic nitrogens is 3. The van der Waals surface area contributed by atoms with Crippen LogP contribution in [0, 0.1) is 6.92 Å². The van der Waals surface area contributed by atoms with Crippen molar-refractivity contribution in [3.8, 4) is 11.4 Å². The van der Waals surface area contributed by atoms with E-state index in [1.165, 1.54) is 11.8 Å². The van der Waals surface area contributed by atoms with Crippen molar-refractivity contribution in [2.24, 2.45) is 0 Å². The minimum Gasteiger partial charge on any atom is -0.309 e. The summed E-state index contributed by atoms with van der Waals surface area (Å²) in [4.78, 5) is 14.8. The first-order valence-electron chi connectivity index (χ1n) is 9.52. The highest BCUT2D eigenvalue weighted by molar-refractivity contribution is 7.99. The molecule has 0 saturated heterocycles. The average Bonchev–Trinajstić information content (AvgIpc) is 3.10. The Bertz CT molecular complexity index is 937. The smallest absolute Gasteiger partial charge is 0.237 e. The third-order valence-corrected chi connectivity index (χ3v) is 5.51. The summed E-state index contributed by atoms with van der Waals surface area (Å²) in [5, 5.41) is 9.53. The van der Waals surface area contributed by atoms with Crippen LogP contribution in [0.4, 0.5) is 5.69 Å². The van der Waals surface area contributed by atoms with Crippen LogP contribution in [0.3, 0.4) is 0 Å². The second-order valence-electron chi connectivity index (χ2n) is 6.85. The van der Waals surface area contributed by atoms with Crippen molar-refractivity contribution in [2.45, 2.75) is 45.4 Å². The van der Waals surface area contributed by atoms with Crippen molar-refractivity contribution >= 4 is 23.4 Å². The van der Waals surface area contributed by atoms with Crippen LogP contribution in [0.5, 0.6) is 0 Å². The Labute approximate surface area is 170 Å². The van der Waals surface area contributed by atoms with Crippen LogP contribution < -0.4 is 4.90 Å². The normalized spacial score (nSPS) is 11.0. The molecule has 0 atom stereocenters. The number of hydrogen-bond acceptors (Lipinski definition) is 4. The number of rotatable bonds is 7. The van der Waals surface area contributed by atoms with Crippen LogP contribution in [-0.2, 0) is 11.3 Å². The Balaban J connectivity index is 1.79. The maximum absolute atomic E-state index is 12.9. The molecule has 0 saturated carbocycles.